The lowest BCUT2D eigenvalue weighted by molar-refractivity contribution is -0.141. The molecule has 13 nitrogen and oxygen atoms in total. The van der Waals surface area contributed by atoms with Gasteiger partial charge >= 0.3 is 5.97 Å². The Morgan fingerprint density at radius 2 is 1.27 bits per heavy atom. The molecule has 0 fully saturated rings. The van der Waals surface area contributed by atoms with E-state index in [0.29, 0.717) is 17.5 Å². The van der Waals surface area contributed by atoms with Crippen LogP contribution >= 0.6 is 0 Å². The molecule has 0 radical (unpaired) electrons. The molecule has 0 aliphatic carbocycles. The van der Waals surface area contributed by atoms with Gasteiger partial charge in [0.15, 0.2) is 0 Å². The number of hydrogen-bond acceptors (Lipinski definition) is 6. The number of amides is 5. The molecule has 8 N–H and O–H groups in total. The molecule has 262 valence electrons. The average molecular weight is 691 g/mol. The molecule has 0 aliphatic heterocycles. The monoisotopic (exact) mass is 690 g/mol. The Kier molecular flexibility index (Phi) is 11.8. The SMILES string of the molecule is NC(=O)[C@H](Cc1ccccc1)NC(=O)[C@H](CC(=O)O)NC(=O)[C@H](Cc1ccc2ccccc2c1)NC(=O)[C@H](Cc1c[nH]c2ccccc12)NC=O. The van der Waals surface area contributed by atoms with E-state index in [1.807, 2.05) is 60.7 Å². The van der Waals surface area contributed by atoms with Gasteiger partial charge in [0.2, 0.25) is 30.0 Å². The Bertz CT molecular complexity index is 2050. The van der Waals surface area contributed by atoms with Crippen molar-refractivity contribution in [3.63, 3.8) is 0 Å². The largest absolute Gasteiger partial charge is 0.481 e. The highest BCUT2D eigenvalue weighted by Crippen LogP contribution is 2.20. The molecule has 51 heavy (non-hydrogen) atoms. The first kappa shape index (κ1) is 35.8. The summed E-state index contributed by atoms with van der Waals surface area (Å²) in [4.78, 5) is 80.0. The molecule has 1 heterocycles. The lowest BCUT2D eigenvalue weighted by Gasteiger charge is -2.25. The minimum Gasteiger partial charge on any atom is -0.481 e. The number of rotatable bonds is 17. The van der Waals surface area contributed by atoms with Gasteiger partial charge in [-0.1, -0.05) is 91.0 Å². The van der Waals surface area contributed by atoms with Gasteiger partial charge in [-0.3, -0.25) is 28.8 Å². The molecule has 13 heteroatoms. The molecular formula is C38H38N6O7. The van der Waals surface area contributed by atoms with E-state index in [4.69, 9.17) is 5.73 Å². The molecule has 0 unspecified atom stereocenters. The molecular weight excluding hydrogens is 652 g/mol. The number of hydrogen-bond donors (Lipinski definition) is 7. The van der Waals surface area contributed by atoms with E-state index in [-0.39, 0.29) is 19.3 Å². The Hall–Kier alpha value is -6.50. The van der Waals surface area contributed by atoms with Gasteiger partial charge < -0.3 is 37.1 Å². The van der Waals surface area contributed by atoms with E-state index >= 15 is 0 Å². The highest BCUT2D eigenvalue weighted by Gasteiger charge is 2.32. The highest BCUT2D eigenvalue weighted by molar-refractivity contribution is 5.97. The van der Waals surface area contributed by atoms with Crippen LogP contribution in [0.4, 0.5) is 0 Å². The molecule has 4 atom stereocenters. The first-order valence-corrected chi connectivity index (χ1v) is 16.3. The third-order valence-electron chi connectivity index (χ3n) is 8.53. The molecule has 1 aromatic heterocycles. The van der Waals surface area contributed by atoms with Crippen LogP contribution in [0, 0.1) is 0 Å². The van der Waals surface area contributed by atoms with Crippen molar-refractivity contribution in [2.75, 3.05) is 0 Å². The molecule has 5 aromatic rings. The zero-order valence-corrected chi connectivity index (χ0v) is 27.5. The van der Waals surface area contributed by atoms with Crippen molar-refractivity contribution in [2.45, 2.75) is 49.9 Å². The topological polar surface area (TPSA) is 213 Å². The Morgan fingerprint density at radius 1 is 0.667 bits per heavy atom. The molecule has 0 saturated carbocycles. The maximum absolute atomic E-state index is 13.9. The fourth-order valence-corrected chi connectivity index (χ4v) is 5.91. The molecule has 5 amide bonds. The third-order valence-corrected chi connectivity index (χ3v) is 8.53. The number of carbonyl (C=O) groups is 6. The molecule has 0 spiro atoms. The summed E-state index contributed by atoms with van der Waals surface area (Å²) in [6.07, 6.45) is 1.42. The van der Waals surface area contributed by atoms with Gasteiger partial charge in [-0.25, -0.2) is 0 Å². The second kappa shape index (κ2) is 16.7. The summed E-state index contributed by atoms with van der Waals surface area (Å²) in [7, 11) is 0. The van der Waals surface area contributed by atoms with Crippen LogP contribution in [-0.2, 0) is 48.0 Å². The lowest BCUT2D eigenvalue weighted by Crippen LogP contribution is -2.59. The summed E-state index contributed by atoms with van der Waals surface area (Å²) in [5, 5.41) is 22.5. The lowest BCUT2D eigenvalue weighted by atomic mass is 9.99. The fourth-order valence-electron chi connectivity index (χ4n) is 5.91. The zero-order valence-electron chi connectivity index (χ0n) is 27.5. The van der Waals surface area contributed by atoms with Crippen LogP contribution in [0.5, 0.6) is 0 Å². The van der Waals surface area contributed by atoms with Crippen molar-refractivity contribution >= 4 is 57.7 Å². The van der Waals surface area contributed by atoms with Crippen LogP contribution in [0.25, 0.3) is 21.7 Å². The number of aliphatic carboxylic acids is 1. The molecule has 4 aromatic carbocycles. The van der Waals surface area contributed by atoms with Crippen LogP contribution in [0.3, 0.4) is 0 Å². The number of carbonyl (C=O) groups excluding carboxylic acids is 5. The van der Waals surface area contributed by atoms with Crippen molar-refractivity contribution in [2.24, 2.45) is 5.73 Å². The van der Waals surface area contributed by atoms with Gasteiger partial charge in [-0.2, -0.15) is 0 Å². The fraction of sp³-hybridized carbons (Fsp3) is 0.211. The number of fused-ring (bicyclic) bond motifs is 2. The third kappa shape index (κ3) is 9.57. The normalized spacial score (nSPS) is 13.3. The maximum Gasteiger partial charge on any atom is 0.305 e. The number of para-hydroxylation sites is 1. The van der Waals surface area contributed by atoms with Gasteiger partial charge in [0.1, 0.15) is 24.2 Å². The van der Waals surface area contributed by atoms with Crippen molar-refractivity contribution in [3.05, 3.63) is 120 Å². The molecule has 0 bridgehead atoms. The second-order valence-corrected chi connectivity index (χ2v) is 12.2. The summed E-state index contributed by atoms with van der Waals surface area (Å²) in [5.41, 5.74) is 8.53. The molecule has 5 rings (SSSR count). The van der Waals surface area contributed by atoms with Gasteiger partial charge in [0, 0.05) is 36.4 Å². The van der Waals surface area contributed by atoms with E-state index < -0.39 is 60.2 Å². The van der Waals surface area contributed by atoms with Crippen LogP contribution in [-0.4, -0.2) is 70.3 Å². The molecule has 0 saturated heterocycles. The summed E-state index contributed by atoms with van der Waals surface area (Å²) in [6, 6.07) is 24.1. The summed E-state index contributed by atoms with van der Waals surface area (Å²) in [6.45, 7) is 0. The predicted molar refractivity (Wildman–Crippen MR) is 190 cm³/mol. The van der Waals surface area contributed by atoms with E-state index in [1.54, 1.807) is 42.6 Å². The van der Waals surface area contributed by atoms with Crippen molar-refractivity contribution < 1.29 is 33.9 Å². The number of carboxylic acid groups (broad SMARTS) is 1. The Morgan fingerprint density at radius 3 is 2.00 bits per heavy atom. The number of nitrogens with one attached hydrogen (secondary N) is 5. The zero-order chi connectivity index (χ0) is 36.3. The Balaban J connectivity index is 1.39. The van der Waals surface area contributed by atoms with E-state index in [9.17, 15) is 33.9 Å². The maximum atomic E-state index is 13.9. The van der Waals surface area contributed by atoms with E-state index in [0.717, 1.165) is 27.2 Å². The van der Waals surface area contributed by atoms with Crippen LogP contribution in [0.2, 0.25) is 0 Å². The van der Waals surface area contributed by atoms with E-state index in [1.165, 1.54) is 0 Å². The second-order valence-electron chi connectivity index (χ2n) is 12.2. The van der Waals surface area contributed by atoms with Crippen LogP contribution in [0.1, 0.15) is 23.1 Å². The standard InChI is InChI=1S/C38H38N6O7/c39-35(48)30(17-23-8-2-1-3-9-23)42-38(51)33(20-34(46)47)44-37(50)32(18-24-14-15-25-10-4-5-11-26(25)16-24)43-36(49)31(41-22-45)19-27-21-40-29-13-7-6-12-28(27)29/h1-16,21-22,30-33,40H,17-20H2,(H2,39,48)(H,41,45)(H,42,51)(H,43,49)(H,44,50)(H,46,47)/t30-,31-,32-,33-/m0/s1. The minimum absolute atomic E-state index is 0.0391. The summed E-state index contributed by atoms with van der Waals surface area (Å²) in [5.74, 6) is -4.71. The Labute approximate surface area is 293 Å². The smallest absolute Gasteiger partial charge is 0.305 e. The van der Waals surface area contributed by atoms with Crippen molar-refractivity contribution in [3.8, 4) is 0 Å². The van der Waals surface area contributed by atoms with Crippen molar-refractivity contribution in [1.82, 2.24) is 26.3 Å². The van der Waals surface area contributed by atoms with Gasteiger partial charge in [0.05, 0.1) is 6.42 Å². The number of H-pyrrole nitrogens is 1. The number of carboxylic acids is 1. The van der Waals surface area contributed by atoms with Crippen molar-refractivity contribution in [1.29, 1.82) is 0 Å². The number of primary amides is 1. The van der Waals surface area contributed by atoms with E-state index in [2.05, 4.69) is 26.3 Å². The van der Waals surface area contributed by atoms with Crippen LogP contribution < -0.4 is 27.0 Å². The highest BCUT2D eigenvalue weighted by atomic mass is 16.4. The van der Waals surface area contributed by atoms with Gasteiger partial charge in [-0.05, 0) is 33.5 Å². The summed E-state index contributed by atoms with van der Waals surface area (Å²) < 4.78 is 0. The minimum atomic E-state index is -1.63. The predicted octanol–water partition coefficient (Wildman–Crippen LogP) is 1.88. The van der Waals surface area contributed by atoms with Crippen LogP contribution in [0.15, 0.2) is 103 Å². The number of aromatic nitrogens is 1. The van der Waals surface area contributed by atoms with Gasteiger partial charge in [-0.15, -0.1) is 0 Å². The number of nitrogens with two attached hydrogens (primary N) is 1. The first-order chi connectivity index (χ1) is 24.6. The number of aromatic amines is 1. The average Bonchev–Trinajstić information content (AvgIpc) is 3.53. The summed E-state index contributed by atoms with van der Waals surface area (Å²) >= 11 is 0. The van der Waals surface area contributed by atoms with Gasteiger partial charge in [0.25, 0.3) is 0 Å². The quantitative estimate of drug-likeness (QED) is 0.0719. The number of benzene rings is 4. The first-order valence-electron chi connectivity index (χ1n) is 16.3. The molecule has 0 aliphatic rings.